The number of nitro groups is 1. The third-order valence-electron chi connectivity index (χ3n) is 3.12. The van der Waals surface area contributed by atoms with Gasteiger partial charge in [0.2, 0.25) is 5.90 Å². The Bertz CT molecular complexity index is 874. The standard InChI is InChI=1S/C16H9FN2O4/c17-13-7-2-1-4-10(13)9-14-16(20)23-15(18-14)11-5-3-6-12(8-11)19(21)22/h1-9H/b14-9+. The molecule has 0 spiro atoms. The van der Waals surface area contributed by atoms with Crippen LogP contribution in [-0.2, 0) is 9.53 Å². The summed E-state index contributed by atoms with van der Waals surface area (Å²) in [6, 6.07) is 11.5. The lowest BCUT2D eigenvalue weighted by atomic mass is 10.2. The van der Waals surface area contributed by atoms with Crippen LogP contribution < -0.4 is 0 Å². The van der Waals surface area contributed by atoms with E-state index in [2.05, 4.69) is 4.99 Å². The number of esters is 1. The third-order valence-corrected chi connectivity index (χ3v) is 3.12. The van der Waals surface area contributed by atoms with E-state index in [1.54, 1.807) is 6.07 Å². The van der Waals surface area contributed by atoms with Gasteiger partial charge >= 0.3 is 5.97 Å². The molecule has 2 aromatic carbocycles. The lowest BCUT2D eigenvalue weighted by Gasteiger charge is -1.98. The van der Waals surface area contributed by atoms with Crippen LogP contribution in [0.1, 0.15) is 11.1 Å². The summed E-state index contributed by atoms with van der Waals surface area (Å²) in [7, 11) is 0. The van der Waals surface area contributed by atoms with Crippen LogP contribution in [-0.4, -0.2) is 16.8 Å². The van der Waals surface area contributed by atoms with E-state index in [4.69, 9.17) is 4.74 Å². The maximum atomic E-state index is 13.6. The van der Waals surface area contributed by atoms with Crippen LogP contribution in [0.15, 0.2) is 59.2 Å². The smallest absolute Gasteiger partial charge is 0.363 e. The molecule has 0 unspecified atom stereocenters. The molecule has 3 rings (SSSR count). The predicted molar refractivity (Wildman–Crippen MR) is 80.1 cm³/mol. The quantitative estimate of drug-likeness (QED) is 0.377. The highest BCUT2D eigenvalue weighted by Gasteiger charge is 2.25. The van der Waals surface area contributed by atoms with Gasteiger partial charge in [0.1, 0.15) is 5.82 Å². The fraction of sp³-hybridized carbons (Fsp3) is 0. The SMILES string of the molecule is O=C1OC(c2cccc([N+](=O)[O-])c2)=N/C1=C/c1ccccc1F. The Kier molecular flexibility index (Phi) is 3.68. The number of aliphatic imine (C=N–C) groups is 1. The van der Waals surface area contributed by atoms with Crippen LogP contribution >= 0.6 is 0 Å². The first-order chi connectivity index (χ1) is 11.0. The topological polar surface area (TPSA) is 81.8 Å². The number of non-ortho nitro benzene ring substituents is 1. The number of rotatable bonds is 3. The van der Waals surface area contributed by atoms with Gasteiger partial charge in [-0.3, -0.25) is 10.1 Å². The summed E-state index contributed by atoms with van der Waals surface area (Å²) in [5, 5.41) is 10.8. The molecule has 1 aliphatic heterocycles. The molecule has 1 aliphatic rings. The summed E-state index contributed by atoms with van der Waals surface area (Å²) in [5.74, 6) is -1.29. The Morgan fingerprint density at radius 1 is 1.17 bits per heavy atom. The molecule has 1 heterocycles. The first-order valence-electron chi connectivity index (χ1n) is 6.56. The average molecular weight is 312 g/mol. The van der Waals surface area contributed by atoms with Gasteiger partial charge in [-0.1, -0.05) is 24.3 Å². The van der Waals surface area contributed by atoms with Crippen LogP contribution in [0.5, 0.6) is 0 Å². The first-order valence-corrected chi connectivity index (χ1v) is 6.56. The van der Waals surface area contributed by atoms with Gasteiger partial charge in [0.05, 0.1) is 4.92 Å². The first kappa shape index (κ1) is 14.6. The van der Waals surface area contributed by atoms with Crippen LogP contribution in [0.2, 0.25) is 0 Å². The monoisotopic (exact) mass is 312 g/mol. The number of nitro benzene ring substituents is 1. The van der Waals surface area contributed by atoms with E-state index in [9.17, 15) is 19.3 Å². The highest BCUT2D eigenvalue weighted by molar-refractivity contribution is 6.13. The number of hydrogen-bond acceptors (Lipinski definition) is 5. The lowest BCUT2D eigenvalue weighted by Crippen LogP contribution is -2.05. The van der Waals surface area contributed by atoms with E-state index < -0.39 is 16.7 Å². The van der Waals surface area contributed by atoms with Crippen molar-refractivity contribution in [2.75, 3.05) is 0 Å². The summed E-state index contributed by atoms with van der Waals surface area (Å²) in [6.07, 6.45) is 1.27. The van der Waals surface area contributed by atoms with Gasteiger partial charge in [-0.05, 0) is 18.2 Å². The van der Waals surface area contributed by atoms with Crippen molar-refractivity contribution in [1.82, 2.24) is 0 Å². The van der Waals surface area contributed by atoms with Crippen LogP contribution in [0.4, 0.5) is 10.1 Å². The van der Waals surface area contributed by atoms with Crippen molar-refractivity contribution in [3.05, 3.63) is 81.3 Å². The van der Waals surface area contributed by atoms with Crippen molar-refractivity contribution < 1.29 is 18.8 Å². The Balaban J connectivity index is 1.97. The van der Waals surface area contributed by atoms with Crippen molar-refractivity contribution in [3.63, 3.8) is 0 Å². The number of ether oxygens (including phenoxy) is 1. The predicted octanol–water partition coefficient (Wildman–Crippen LogP) is 3.08. The zero-order valence-corrected chi connectivity index (χ0v) is 11.6. The second-order valence-corrected chi connectivity index (χ2v) is 4.67. The number of benzene rings is 2. The second-order valence-electron chi connectivity index (χ2n) is 4.67. The fourth-order valence-corrected chi connectivity index (χ4v) is 2.02. The van der Waals surface area contributed by atoms with Crippen LogP contribution in [0, 0.1) is 15.9 Å². The Labute approximate surface area is 129 Å². The molecule has 0 fully saturated rings. The summed E-state index contributed by atoms with van der Waals surface area (Å²) in [6.45, 7) is 0. The molecule has 0 radical (unpaired) electrons. The van der Waals surface area contributed by atoms with Gasteiger partial charge in [-0.2, -0.15) is 0 Å². The molecule has 0 aliphatic carbocycles. The van der Waals surface area contributed by atoms with E-state index in [0.29, 0.717) is 5.56 Å². The third kappa shape index (κ3) is 2.98. The van der Waals surface area contributed by atoms with Crippen molar-refractivity contribution in [2.45, 2.75) is 0 Å². The van der Waals surface area contributed by atoms with Gasteiger partial charge in [0, 0.05) is 23.3 Å². The van der Waals surface area contributed by atoms with Gasteiger partial charge in [0.25, 0.3) is 5.69 Å². The summed E-state index contributed by atoms with van der Waals surface area (Å²) < 4.78 is 18.6. The second kappa shape index (κ2) is 5.80. The molecular formula is C16H9FN2O4. The molecular weight excluding hydrogens is 303 g/mol. The fourth-order valence-electron chi connectivity index (χ4n) is 2.02. The molecule has 0 bridgehead atoms. The normalized spacial score (nSPS) is 15.4. The molecule has 2 aromatic rings. The number of nitrogens with zero attached hydrogens (tertiary/aromatic N) is 2. The highest BCUT2D eigenvalue weighted by Crippen LogP contribution is 2.22. The Morgan fingerprint density at radius 2 is 1.96 bits per heavy atom. The molecule has 6 nitrogen and oxygen atoms in total. The van der Waals surface area contributed by atoms with Crippen molar-refractivity contribution in [3.8, 4) is 0 Å². The number of carbonyl (C=O) groups excluding carboxylic acids is 1. The van der Waals surface area contributed by atoms with Gasteiger partial charge in [0.15, 0.2) is 5.70 Å². The number of cyclic esters (lactones) is 1. The summed E-state index contributed by atoms with van der Waals surface area (Å²) in [4.78, 5) is 26.0. The molecule has 0 N–H and O–H groups in total. The van der Waals surface area contributed by atoms with E-state index in [1.807, 2.05) is 0 Å². The van der Waals surface area contributed by atoms with Crippen molar-refractivity contribution in [1.29, 1.82) is 0 Å². The molecule has 0 saturated carbocycles. The van der Waals surface area contributed by atoms with Gasteiger partial charge in [-0.25, -0.2) is 14.2 Å². The zero-order valence-electron chi connectivity index (χ0n) is 11.6. The summed E-state index contributed by atoms with van der Waals surface area (Å²) >= 11 is 0. The van der Waals surface area contributed by atoms with Crippen molar-refractivity contribution >= 4 is 23.6 Å². The molecule has 114 valence electrons. The zero-order chi connectivity index (χ0) is 16.4. The van der Waals surface area contributed by atoms with Crippen LogP contribution in [0.3, 0.4) is 0 Å². The lowest BCUT2D eigenvalue weighted by molar-refractivity contribution is -0.384. The summed E-state index contributed by atoms with van der Waals surface area (Å²) in [5.41, 5.74) is 0.275. The molecule has 0 saturated heterocycles. The maximum Gasteiger partial charge on any atom is 0.363 e. The highest BCUT2D eigenvalue weighted by atomic mass is 19.1. The molecule has 0 atom stereocenters. The number of carbonyl (C=O) groups is 1. The largest absolute Gasteiger partial charge is 0.402 e. The van der Waals surface area contributed by atoms with Crippen LogP contribution in [0.25, 0.3) is 6.08 Å². The minimum atomic E-state index is -0.741. The molecule has 7 heteroatoms. The Morgan fingerprint density at radius 3 is 2.70 bits per heavy atom. The minimum Gasteiger partial charge on any atom is -0.402 e. The minimum absolute atomic E-state index is 0.0544. The average Bonchev–Trinajstić information content (AvgIpc) is 2.91. The van der Waals surface area contributed by atoms with Gasteiger partial charge in [-0.15, -0.1) is 0 Å². The van der Waals surface area contributed by atoms with E-state index in [1.165, 1.54) is 48.5 Å². The number of halogens is 1. The Hall–Kier alpha value is -3.35. The maximum absolute atomic E-state index is 13.6. The van der Waals surface area contributed by atoms with E-state index >= 15 is 0 Å². The molecule has 0 aromatic heterocycles. The van der Waals surface area contributed by atoms with E-state index in [-0.39, 0.29) is 22.8 Å². The molecule has 0 amide bonds. The van der Waals surface area contributed by atoms with Crippen molar-refractivity contribution in [2.24, 2.45) is 4.99 Å². The van der Waals surface area contributed by atoms with Gasteiger partial charge < -0.3 is 4.74 Å². The number of hydrogen-bond donors (Lipinski definition) is 0. The molecule has 23 heavy (non-hydrogen) atoms. The van der Waals surface area contributed by atoms with E-state index in [0.717, 1.165) is 0 Å².